The SMILES string of the molecule is CCc1nn(C)c2c1CN(c1ncnn3c(C)nc(C4CCCO4)c13)CC2. The summed E-state index contributed by atoms with van der Waals surface area (Å²) in [5, 5.41) is 9.16. The molecule has 1 unspecified atom stereocenters. The van der Waals surface area contributed by atoms with E-state index in [4.69, 9.17) is 14.8 Å². The molecule has 0 spiro atoms. The molecule has 142 valence electrons. The van der Waals surface area contributed by atoms with Crippen molar-refractivity contribution in [1.82, 2.24) is 29.4 Å². The van der Waals surface area contributed by atoms with E-state index in [9.17, 15) is 0 Å². The largest absolute Gasteiger partial charge is 0.372 e. The van der Waals surface area contributed by atoms with Crippen LogP contribution < -0.4 is 4.90 Å². The van der Waals surface area contributed by atoms with Gasteiger partial charge in [0.05, 0.1) is 5.69 Å². The van der Waals surface area contributed by atoms with Gasteiger partial charge >= 0.3 is 0 Å². The van der Waals surface area contributed by atoms with Gasteiger partial charge in [0.2, 0.25) is 0 Å². The third kappa shape index (κ3) is 2.54. The number of ether oxygens (including phenoxy) is 1. The van der Waals surface area contributed by atoms with Gasteiger partial charge in [-0.3, -0.25) is 4.68 Å². The quantitative estimate of drug-likeness (QED) is 0.706. The summed E-state index contributed by atoms with van der Waals surface area (Å²) >= 11 is 0. The van der Waals surface area contributed by atoms with Gasteiger partial charge < -0.3 is 9.64 Å². The predicted molar refractivity (Wildman–Crippen MR) is 101 cm³/mol. The van der Waals surface area contributed by atoms with Crippen molar-refractivity contribution in [3.63, 3.8) is 0 Å². The molecule has 0 aliphatic carbocycles. The van der Waals surface area contributed by atoms with Crippen molar-refractivity contribution in [2.24, 2.45) is 7.05 Å². The molecule has 0 amide bonds. The number of nitrogens with zero attached hydrogens (tertiary/aromatic N) is 7. The van der Waals surface area contributed by atoms with Crippen molar-refractivity contribution < 1.29 is 4.74 Å². The number of fused-ring (bicyclic) bond motifs is 2. The summed E-state index contributed by atoms with van der Waals surface area (Å²) in [7, 11) is 2.05. The molecule has 3 aromatic rings. The van der Waals surface area contributed by atoms with E-state index in [1.165, 1.54) is 17.0 Å². The van der Waals surface area contributed by atoms with Gasteiger partial charge in [0.25, 0.3) is 0 Å². The normalized spacial score (nSPS) is 19.8. The first kappa shape index (κ1) is 16.7. The van der Waals surface area contributed by atoms with E-state index < -0.39 is 0 Å². The van der Waals surface area contributed by atoms with Crippen LogP contribution in [-0.2, 0) is 31.2 Å². The van der Waals surface area contributed by atoms with Gasteiger partial charge in [-0.25, -0.2) is 14.5 Å². The zero-order valence-electron chi connectivity index (χ0n) is 16.1. The Kier molecular flexibility index (Phi) is 3.89. The summed E-state index contributed by atoms with van der Waals surface area (Å²) in [5.41, 5.74) is 5.85. The van der Waals surface area contributed by atoms with Gasteiger partial charge in [0, 0.05) is 44.4 Å². The second-order valence-electron chi connectivity index (χ2n) is 7.41. The number of aromatic nitrogens is 6. The number of imidazole rings is 1. The molecule has 5 rings (SSSR count). The summed E-state index contributed by atoms with van der Waals surface area (Å²) in [6.07, 6.45) is 5.68. The van der Waals surface area contributed by atoms with Gasteiger partial charge in [-0.05, 0) is 26.2 Å². The molecule has 5 heterocycles. The molecule has 0 N–H and O–H groups in total. The summed E-state index contributed by atoms with van der Waals surface area (Å²) in [6, 6.07) is 0. The van der Waals surface area contributed by atoms with Crippen LogP contribution in [0.2, 0.25) is 0 Å². The second-order valence-corrected chi connectivity index (χ2v) is 7.41. The topological polar surface area (TPSA) is 73.4 Å². The number of anilines is 1. The lowest BCUT2D eigenvalue weighted by molar-refractivity contribution is 0.110. The summed E-state index contributed by atoms with van der Waals surface area (Å²) < 4.78 is 9.89. The van der Waals surface area contributed by atoms with Gasteiger partial charge in [-0.1, -0.05) is 6.92 Å². The second kappa shape index (κ2) is 6.30. The van der Waals surface area contributed by atoms with Crippen LogP contribution in [0.1, 0.15) is 54.3 Å². The van der Waals surface area contributed by atoms with Gasteiger partial charge in [-0.2, -0.15) is 10.2 Å². The van der Waals surface area contributed by atoms with E-state index in [0.717, 1.165) is 68.2 Å². The number of hydrogen-bond donors (Lipinski definition) is 0. The Hall–Kier alpha value is -2.48. The monoisotopic (exact) mass is 367 g/mol. The third-order valence-corrected chi connectivity index (χ3v) is 5.80. The minimum absolute atomic E-state index is 0.0448. The smallest absolute Gasteiger partial charge is 0.158 e. The molecular weight excluding hydrogens is 342 g/mol. The van der Waals surface area contributed by atoms with Crippen LogP contribution >= 0.6 is 0 Å². The molecule has 8 heteroatoms. The highest BCUT2D eigenvalue weighted by Crippen LogP contribution is 2.35. The highest BCUT2D eigenvalue weighted by Gasteiger charge is 2.30. The Labute approximate surface area is 158 Å². The highest BCUT2D eigenvalue weighted by atomic mass is 16.5. The fraction of sp³-hybridized carbons (Fsp3) is 0.579. The van der Waals surface area contributed by atoms with Crippen molar-refractivity contribution in [3.05, 3.63) is 34.8 Å². The minimum Gasteiger partial charge on any atom is -0.372 e. The average Bonchev–Trinajstić information content (AvgIpc) is 3.40. The maximum atomic E-state index is 5.94. The van der Waals surface area contributed by atoms with Crippen molar-refractivity contribution in [3.8, 4) is 0 Å². The van der Waals surface area contributed by atoms with Crippen molar-refractivity contribution >= 4 is 11.3 Å². The first-order valence-electron chi connectivity index (χ1n) is 9.77. The van der Waals surface area contributed by atoms with Crippen LogP contribution in [0.3, 0.4) is 0 Å². The van der Waals surface area contributed by atoms with E-state index >= 15 is 0 Å². The van der Waals surface area contributed by atoms with Gasteiger partial charge in [0.15, 0.2) is 5.82 Å². The van der Waals surface area contributed by atoms with E-state index in [2.05, 4.69) is 21.9 Å². The zero-order valence-corrected chi connectivity index (χ0v) is 16.1. The molecule has 1 saturated heterocycles. The molecule has 1 atom stereocenters. The first-order chi connectivity index (χ1) is 13.2. The van der Waals surface area contributed by atoms with Crippen LogP contribution in [-0.4, -0.2) is 42.5 Å². The summed E-state index contributed by atoms with van der Waals surface area (Å²) in [5.74, 6) is 1.83. The maximum Gasteiger partial charge on any atom is 0.158 e. The molecule has 8 nitrogen and oxygen atoms in total. The Morgan fingerprint density at radius 3 is 3.00 bits per heavy atom. The molecule has 27 heavy (non-hydrogen) atoms. The number of hydrogen-bond acceptors (Lipinski definition) is 6. The summed E-state index contributed by atoms with van der Waals surface area (Å²) in [6.45, 7) is 6.70. The fourth-order valence-electron chi connectivity index (χ4n) is 4.47. The molecule has 1 fully saturated rings. The van der Waals surface area contributed by atoms with Crippen LogP contribution in [0, 0.1) is 6.92 Å². The fourth-order valence-corrected chi connectivity index (χ4v) is 4.47. The number of rotatable bonds is 3. The first-order valence-corrected chi connectivity index (χ1v) is 9.77. The molecule has 2 aliphatic heterocycles. The van der Waals surface area contributed by atoms with Crippen molar-refractivity contribution in [2.45, 2.75) is 52.2 Å². The lowest BCUT2D eigenvalue weighted by atomic mass is 10.0. The Balaban J connectivity index is 1.61. The van der Waals surface area contributed by atoms with E-state index in [0.29, 0.717) is 0 Å². The van der Waals surface area contributed by atoms with E-state index in [1.807, 2.05) is 23.2 Å². The van der Waals surface area contributed by atoms with E-state index in [-0.39, 0.29) is 6.10 Å². The average molecular weight is 367 g/mol. The highest BCUT2D eigenvalue weighted by molar-refractivity contribution is 5.73. The van der Waals surface area contributed by atoms with Gasteiger partial charge in [-0.15, -0.1) is 0 Å². The molecule has 0 radical (unpaired) electrons. The van der Waals surface area contributed by atoms with Crippen LogP contribution in [0.4, 0.5) is 5.82 Å². The Morgan fingerprint density at radius 1 is 1.33 bits per heavy atom. The molecule has 0 aromatic carbocycles. The lowest BCUT2D eigenvalue weighted by Crippen LogP contribution is -2.32. The Bertz CT molecular complexity index is 999. The minimum atomic E-state index is 0.0448. The van der Waals surface area contributed by atoms with Crippen molar-refractivity contribution in [1.29, 1.82) is 0 Å². The van der Waals surface area contributed by atoms with Crippen LogP contribution in [0.5, 0.6) is 0 Å². The Morgan fingerprint density at radius 2 is 2.22 bits per heavy atom. The third-order valence-electron chi connectivity index (χ3n) is 5.80. The summed E-state index contributed by atoms with van der Waals surface area (Å²) in [4.78, 5) is 11.8. The maximum absolute atomic E-state index is 5.94. The molecule has 0 saturated carbocycles. The van der Waals surface area contributed by atoms with Crippen LogP contribution in [0.15, 0.2) is 6.33 Å². The van der Waals surface area contributed by atoms with Gasteiger partial charge in [0.1, 0.15) is 29.5 Å². The molecular formula is C19H25N7O. The van der Waals surface area contributed by atoms with E-state index in [1.54, 1.807) is 6.33 Å². The number of aryl methyl sites for hydroxylation is 3. The predicted octanol–water partition coefficient (Wildman–Crippen LogP) is 2.14. The molecule has 3 aromatic heterocycles. The lowest BCUT2D eigenvalue weighted by Gasteiger charge is -2.29. The molecule has 2 aliphatic rings. The van der Waals surface area contributed by atoms with Crippen LogP contribution in [0.25, 0.3) is 5.52 Å². The molecule has 0 bridgehead atoms. The standard InChI is InChI=1S/C19H25N7O/c1-4-14-13-10-25(8-7-15(13)24(3)23-14)19-18-17(16-6-5-9-27-16)22-12(2)26(18)21-11-20-19/h11,16H,4-10H2,1-3H3. The van der Waals surface area contributed by atoms with Crippen molar-refractivity contribution in [2.75, 3.05) is 18.1 Å². The zero-order chi connectivity index (χ0) is 18.5.